The summed E-state index contributed by atoms with van der Waals surface area (Å²) >= 11 is 0. The molecule has 0 amide bonds. The van der Waals surface area contributed by atoms with Gasteiger partial charge in [0.05, 0.1) is 19.1 Å². The smallest absolute Gasteiger partial charge is 0.160 e. The molecule has 1 aliphatic carbocycles. The Labute approximate surface area is 133 Å². The summed E-state index contributed by atoms with van der Waals surface area (Å²) in [4.78, 5) is 5.22. The average Bonchev–Trinajstić information content (AvgIpc) is 2.89. The summed E-state index contributed by atoms with van der Waals surface area (Å²) in [5, 5.41) is 29.8. The highest BCUT2D eigenvalue weighted by Gasteiger charge is 2.26. The highest BCUT2D eigenvalue weighted by Crippen LogP contribution is 2.36. The highest BCUT2D eigenvalue weighted by molar-refractivity contribution is 4.76. The molecular formula is C16H33NO5. The topological polar surface area (TPSA) is 86.4 Å². The molecule has 132 valence electrons. The predicted molar refractivity (Wildman–Crippen MR) is 83.7 cm³/mol. The van der Waals surface area contributed by atoms with Gasteiger partial charge >= 0.3 is 0 Å². The molecule has 0 aliphatic heterocycles. The van der Waals surface area contributed by atoms with Crippen LogP contribution in [0.25, 0.3) is 0 Å². The molecule has 0 saturated heterocycles. The molecule has 1 fully saturated rings. The van der Waals surface area contributed by atoms with Gasteiger partial charge in [-0.25, -0.2) is 10.1 Å². The fraction of sp³-hybridized carbons (Fsp3) is 1.00. The molecule has 0 aromatic rings. The molecule has 0 radical (unpaired) electrons. The zero-order valence-electron chi connectivity index (χ0n) is 14.2. The number of ether oxygens (including phenoxy) is 1. The quantitative estimate of drug-likeness (QED) is 0.389. The molecular weight excluding hydrogens is 286 g/mol. The Morgan fingerprint density at radius 3 is 2.55 bits per heavy atom. The lowest BCUT2D eigenvalue weighted by atomic mass is 9.89. The van der Waals surface area contributed by atoms with E-state index < -0.39 is 12.4 Å². The number of aliphatic hydroxyl groups is 2. The van der Waals surface area contributed by atoms with Crippen molar-refractivity contribution in [1.29, 1.82) is 0 Å². The summed E-state index contributed by atoms with van der Waals surface area (Å²) in [6.45, 7) is 6.77. The van der Waals surface area contributed by atoms with Crippen LogP contribution >= 0.6 is 0 Å². The van der Waals surface area contributed by atoms with E-state index in [-0.39, 0.29) is 24.8 Å². The van der Waals surface area contributed by atoms with Crippen molar-refractivity contribution < 1.29 is 25.0 Å². The van der Waals surface area contributed by atoms with Crippen LogP contribution in [0, 0.1) is 23.0 Å². The third kappa shape index (κ3) is 8.41. The van der Waals surface area contributed by atoms with Gasteiger partial charge in [-0.2, -0.15) is 0 Å². The maximum absolute atomic E-state index is 11.6. The lowest BCUT2D eigenvalue weighted by molar-refractivity contribution is -1.05. The van der Waals surface area contributed by atoms with Gasteiger partial charge in [-0.1, -0.05) is 20.3 Å². The van der Waals surface area contributed by atoms with Crippen LogP contribution in [-0.2, 0) is 9.57 Å². The van der Waals surface area contributed by atoms with E-state index in [1.165, 1.54) is 19.3 Å². The number of hydrogen-bond donors (Lipinski definition) is 3. The van der Waals surface area contributed by atoms with Crippen molar-refractivity contribution in [1.82, 2.24) is 0 Å². The molecule has 1 saturated carbocycles. The van der Waals surface area contributed by atoms with Crippen molar-refractivity contribution in [2.24, 2.45) is 17.8 Å². The molecule has 0 aromatic carbocycles. The Morgan fingerprint density at radius 2 is 1.95 bits per heavy atom. The van der Waals surface area contributed by atoms with Crippen molar-refractivity contribution >= 4 is 0 Å². The minimum atomic E-state index is -1.03. The van der Waals surface area contributed by atoms with E-state index in [0.717, 1.165) is 18.3 Å². The van der Waals surface area contributed by atoms with Gasteiger partial charge in [-0.05, 0) is 43.9 Å². The maximum atomic E-state index is 11.6. The number of rotatable bonds is 11. The van der Waals surface area contributed by atoms with Crippen LogP contribution in [0.4, 0.5) is 0 Å². The summed E-state index contributed by atoms with van der Waals surface area (Å²) in [7, 11) is 0. The van der Waals surface area contributed by atoms with Crippen molar-refractivity contribution in [3.63, 3.8) is 0 Å². The number of hydroxylamine groups is 2. The first-order valence-electron chi connectivity index (χ1n) is 8.51. The van der Waals surface area contributed by atoms with Crippen LogP contribution in [0.2, 0.25) is 0 Å². The van der Waals surface area contributed by atoms with E-state index in [1.54, 1.807) is 6.92 Å². The van der Waals surface area contributed by atoms with Crippen LogP contribution in [0.1, 0.15) is 52.9 Å². The predicted octanol–water partition coefficient (Wildman–Crippen LogP) is 0.869. The average molecular weight is 319 g/mol. The third-order valence-electron chi connectivity index (χ3n) is 4.50. The van der Waals surface area contributed by atoms with Crippen molar-refractivity contribution in [3.8, 4) is 0 Å². The largest absolute Gasteiger partial charge is 0.600 e. The van der Waals surface area contributed by atoms with Crippen molar-refractivity contribution in [3.05, 3.63) is 5.21 Å². The summed E-state index contributed by atoms with van der Waals surface area (Å²) in [6, 6.07) is 0. The van der Waals surface area contributed by atoms with Gasteiger partial charge < -0.3 is 20.2 Å². The van der Waals surface area contributed by atoms with Gasteiger partial charge in [-0.15, -0.1) is 0 Å². The molecule has 3 unspecified atom stereocenters. The van der Waals surface area contributed by atoms with Crippen molar-refractivity contribution in [2.75, 3.05) is 19.8 Å². The minimum Gasteiger partial charge on any atom is -0.600 e. The fourth-order valence-corrected chi connectivity index (χ4v) is 3.01. The number of nitrogens with one attached hydrogen (secondary N) is 1. The molecule has 1 aliphatic rings. The van der Waals surface area contributed by atoms with Gasteiger partial charge in [0, 0.05) is 0 Å². The third-order valence-corrected chi connectivity index (χ3v) is 4.50. The lowest BCUT2D eigenvalue weighted by Gasteiger charge is -2.23. The van der Waals surface area contributed by atoms with Crippen molar-refractivity contribution in [2.45, 2.75) is 65.3 Å². The molecule has 0 heterocycles. The summed E-state index contributed by atoms with van der Waals surface area (Å²) < 4.78 is 4.97. The fourth-order valence-electron chi connectivity index (χ4n) is 3.01. The van der Waals surface area contributed by atoms with Gasteiger partial charge in [0.1, 0.15) is 13.2 Å². The summed E-state index contributed by atoms with van der Waals surface area (Å²) in [5.41, 5.74) is 0. The van der Waals surface area contributed by atoms with Gasteiger partial charge in [0.2, 0.25) is 0 Å². The number of quaternary nitrogens is 1. The maximum Gasteiger partial charge on any atom is 0.160 e. The van der Waals surface area contributed by atoms with E-state index >= 15 is 0 Å². The highest BCUT2D eigenvalue weighted by atomic mass is 16.9. The lowest BCUT2D eigenvalue weighted by Crippen LogP contribution is -3.06. The van der Waals surface area contributed by atoms with Gasteiger partial charge in [-0.3, -0.25) is 0 Å². The van der Waals surface area contributed by atoms with Gasteiger partial charge in [0.15, 0.2) is 6.29 Å². The van der Waals surface area contributed by atoms with Crippen LogP contribution < -0.4 is 5.23 Å². The normalized spacial score (nSPS) is 27.5. The first kappa shape index (κ1) is 19.8. The Hall–Kier alpha value is -0.240. The van der Waals surface area contributed by atoms with E-state index in [9.17, 15) is 10.3 Å². The molecule has 6 nitrogen and oxygen atoms in total. The monoisotopic (exact) mass is 319 g/mol. The first-order chi connectivity index (χ1) is 10.4. The molecule has 22 heavy (non-hydrogen) atoms. The molecule has 0 bridgehead atoms. The number of aliphatic hydroxyl groups excluding tert-OH is 2. The molecule has 0 spiro atoms. The van der Waals surface area contributed by atoms with Crippen LogP contribution in [0.15, 0.2) is 0 Å². The van der Waals surface area contributed by atoms with E-state index in [0.29, 0.717) is 12.5 Å². The summed E-state index contributed by atoms with van der Waals surface area (Å²) in [6.07, 6.45) is 3.36. The standard InChI is InChI=1S/C16H33NO5/c1-12-4-5-15(10-12)13(2)7-9-22-17(20)8-6-16(19)21-11-14(3)18/h12-19H,4-11H2,1-3H3/t12-,13?,14+,15?,16+/m0/s1. The second kappa shape index (κ2) is 10.5. The van der Waals surface area contributed by atoms with E-state index in [4.69, 9.17) is 14.7 Å². The molecule has 6 heteroatoms. The Balaban J connectivity index is 2.04. The number of hydrogen-bond acceptors (Lipinski definition) is 5. The molecule has 6 atom stereocenters. The molecule has 1 rings (SSSR count). The van der Waals surface area contributed by atoms with Gasteiger partial charge in [0.25, 0.3) is 0 Å². The molecule has 0 aromatic heterocycles. The Morgan fingerprint density at radius 1 is 1.23 bits per heavy atom. The van der Waals surface area contributed by atoms with E-state index in [1.807, 2.05) is 0 Å². The SMILES string of the molecule is CC(CCO[NH+]([O-])CC[C@H](O)OC[C@@H](C)O)C1CC[C@H](C)C1. The van der Waals surface area contributed by atoms with Crippen LogP contribution in [0.3, 0.4) is 0 Å². The first-order valence-corrected chi connectivity index (χ1v) is 8.51. The summed E-state index contributed by atoms with van der Waals surface area (Å²) in [5.74, 6) is 2.19. The Kier molecular flexibility index (Phi) is 9.47. The van der Waals surface area contributed by atoms with Crippen LogP contribution in [-0.4, -0.2) is 42.4 Å². The van der Waals surface area contributed by atoms with E-state index in [2.05, 4.69) is 13.8 Å². The Bertz CT molecular complexity index is 290. The van der Waals surface area contributed by atoms with Crippen LogP contribution in [0.5, 0.6) is 0 Å². The minimum absolute atomic E-state index is 0.0630. The zero-order valence-corrected chi connectivity index (χ0v) is 14.2. The zero-order chi connectivity index (χ0) is 16.5. The molecule has 3 N–H and O–H groups in total. The second-order valence-electron chi connectivity index (χ2n) is 6.84. The second-order valence-corrected chi connectivity index (χ2v) is 6.84.